The van der Waals surface area contributed by atoms with Crippen LogP contribution in [0.15, 0.2) is 4.42 Å². The Kier molecular flexibility index (Phi) is 8.37. The van der Waals surface area contributed by atoms with Crippen LogP contribution in [-0.4, -0.2) is 54.2 Å². The monoisotopic (exact) mass is 406 g/mol. The first-order valence-electron chi connectivity index (χ1n) is 10.4. The smallest absolute Gasteiger partial charge is 0.220 e. The van der Waals surface area contributed by atoms with Crippen molar-refractivity contribution in [2.75, 3.05) is 26.7 Å². The summed E-state index contributed by atoms with van der Waals surface area (Å²) in [6.07, 6.45) is 3.22. The predicted molar refractivity (Wildman–Crippen MR) is 109 cm³/mol. The summed E-state index contributed by atoms with van der Waals surface area (Å²) in [5.41, 5.74) is 5.87. The fraction of sp³-hybridized carbons (Fsp3) is 0.714. The number of ketones is 1. The van der Waals surface area contributed by atoms with Gasteiger partial charge in [0.2, 0.25) is 17.6 Å². The summed E-state index contributed by atoms with van der Waals surface area (Å²) >= 11 is 0. The molecule has 29 heavy (non-hydrogen) atoms. The summed E-state index contributed by atoms with van der Waals surface area (Å²) in [6, 6.07) is 0. The van der Waals surface area contributed by atoms with Gasteiger partial charge in [-0.3, -0.25) is 14.4 Å². The Labute approximate surface area is 172 Å². The van der Waals surface area contributed by atoms with Gasteiger partial charge in [0, 0.05) is 24.8 Å². The van der Waals surface area contributed by atoms with Crippen LogP contribution in [0.1, 0.15) is 74.5 Å². The lowest BCUT2D eigenvalue weighted by atomic mass is 9.98. The molecule has 8 nitrogen and oxygen atoms in total. The number of primary amides is 1. The highest BCUT2D eigenvalue weighted by Gasteiger charge is 2.28. The number of carbonyl (C=O) groups excluding carboxylic acids is 3. The molecule has 1 fully saturated rings. The molecule has 1 aliphatic rings. The highest BCUT2D eigenvalue weighted by Crippen LogP contribution is 2.28. The number of likely N-dealkylation sites (N-methyl/N-ethyl adjacent to an activating group) is 1. The van der Waals surface area contributed by atoms with Crippen molar-refractivity contribution in [2.24, 2.45) is 17.6 Å². The Morgan fingerprint density at radius 3 is 2.66 bits per heavy atom. The van der Waals surface area contributed by atoms with E-state index >= 15 is 0 Å². The van der Waals surface area contributed by atoms with Gasteiger partial charge in [-0.15, -0.1) is 0 Å². The van der Waals surface area contributed by atoms with Crippen LogP contribution in [0, 0.1) is 11.8 Å². The Bertz CT molecular complexity index is 728. The van der Waals surface area contributed by atoms with E-state index in [9.17, 15) is 14.4 Å². The molecule has 0 spiro atoms. The molecule has 0 saturated carbocycles. The van der Waals surface area contributed by atoms with E-state index in [0.29, 0.717) is 30.3 Å². The topological polar surface area (TPSA) is 119 Å². The summed E-state index contributed by atoms with van der Waals surface area (Å²) in [4.78, 5) is 42.7. The zero-order valence-corrected chi connectivity index (χ0v) is 18.0. The zero-order valence-electron chi connectivity index (χ0n) is 18.0. The van der Waals surface area contributed by atoms with Crippen molar-refractivity contribution in [1.82, 2.24) is 15.2 Å². The van der Waals surface area contributed by atoms with Crippen molar-refractivity contribution >= 4 is 17.6 Å². The van der Waals surface area contributed by atoms with Crippen LogP contribution >= 0.6 is 0 Å². The number of carbonyl (C=O) groups is 3. The number of nitrogens with two attached hydrogens (primary N) is 1. The maximum atomic E-state index is 12.7. The Morgan fingerprint density at radius 1 is 1.31 bits per heavy atom. The van der Waals surface area contributed by atoms with Crippen molar-refractivity contribution in [1.29, 1.82) is 0 Å². The van der Waals surface area contributed by atoms with E-state index in [-0.39, 0.29) is 42.3 Å². The summed E-state index contributed by atoms with van der Waals surface area (Å²) in [6.45, 7) is 7.59. The van der Waals surface area contributed by atoms with Gasteiger partial charge in [-0.05, 0) is 45.2 Å². The normalized spacial score (nSPS) is 18.6. The van der Waals surface area contributed by atoms with Gasteiger partial charge < -0.3 is 20.4 Å². The number of nitrogens with one attached hydrogen (secondary N) is 1. The predicted octanol–water partition coefficient (Wildman–Crippen LogP) is 1.88. The summed E-state index contributed by atoms with van der Waals surface area (Å²) in [5.74, 6) is 0.0223. The maximum Gasteiger partial charge on any atom is 0.220 e. The third-order valence-corrected chi connectivity index (χ3v) is 5.28. The number of Topliss-reactive ketones (excluding diaryl/α,β-unsaturated/α-hetero) is 1. The minimum Gasteiger partial charge on any atom is -0.437 e. The molecule has 1 aromatic rings. The lowest BCUT2D eigenvalue weighted by molar-refractivity contribution is -0.123. The Hall–Kier alpha value is -2.22. The fourth-order valence-electron chi connectivity index (χ4n) is 3.49. The van der Waals surface area contributed by atoms with Gasteiger partial charge in [0.05, 0.1) is 12.2 Å². The zero-order chi connectivity index (χ0) is 21.6. The molecule has 0 aliphatic carbocycles. The van der Waals surface area contributed by atoms with Gasteiger partial charge in [0.1, 0.15) is 0 Å². The average Bonchev–Trinajstić information content (AvgIpc) is 3.07. The molecule has 2 heterocycles. The van der Waals surface area contributed by atoms with E-state index in [1.807, 2.05) is 0 Å². The van der Waals surface area contributed by atoms with Crippen LogP contribution in [0.4, 0.5) is 0 Å². The Balaban J connectivity index is 2.01. The van der Waals surface area contributed by atoms with Gasteiger partial charge >= 0.3 is 0 Å². The van der Waals surface area contributed by atoms with E-state index < -0.39 is 5.91 Å². The quantitative estimate of drug-likeness (QED) is 0.573. The van der Waals surface area contributed by atoms with Crippen molar-refractivity contribution in [2.45, 2.75) is 58.8 Å². The first-order valence-corrected chi connectivity index (χ1v) is 10.4. The molecule has 0 bridgehead atoms. The van der Waals surface area contributed by atoms with Gasteiger partial charge in [-0.25, -0.2) is 4.98 Å². The first kappa shape index (κ1) is 23.1. The van der Waals surface area contributed by atoms with Crippen molar-refractivity contribution < 1.29 is 18.8 Å². The minimum absolute atomic E-state index is 0.145. The van der Waals surface area contributed by atoms with Crippen LogP contribution in [0.25, 0.3) is 0 Å². The second-order valence-electron chi connectivity index (χ2n) is 8.57. The summed E-state index contributed by atoms with van der Waals surface area (Å²) < 4.78 is 5.93. The fourth-order valence-corrected chi connectivity index (χ4v) is 3.49. The molecule has 1 saturated heterocycles. The molecular weight excluding hydrogens is 372 g/mol. The van der Waals surface area contributed by atoms with Gasteiger partial charge in [0.25, 0.3) is 0 Å². The lowest BCUT2D eigenvalue weighted by Crippen LogP contribution is -2.31. The number of aromatic nitrogens is 1. The first-order chi connectivity index (χ1) is 13.7. The maximum absolute atomic E-state index is 12.7. The number of piperidine rings is 1. The number of likely N-dealkylation sites (tertiary alicyclic amines) is 1. The van der Waals surface area contributed by atoms with Crippen molar-refractivity contribution in [3.8, 4) is 0 Å². The number of nitrogens with zero attached hydrogens (tertiary/aromatic N) is 2. The van der Waals surface area contributed by atoms with E-state index in [4.69, 9.17) is 10.2 Å². The van der Waals surface area contributed by atoms with Crippen LogP contribution in [-0.2, 0) is 16.0 Å². The molecule has 2 unspecified atom stereocenters. The van der Waals surface area contributed by atoms with Crippen molar-refractivity contribution in [3.63, 3.8) is 0 Å². The van der Waals surface area contributed by atoms with Crippen LogP contribution in [0.2, 0.25) is 0 Å². The number of amides is 2. The summed E-state index contributed by atoms with van der Waals surface area (Å²) in [5, 5.41) is 2.62. The highest BCUT2D eigenvalue weighted by atomic mass is 16.4. The van der Waals surface area contributed by atoms with Crippen molar-refractivity contribution in [3.05, 3.63) is 17.3 Å². The third-order valence-electron chi connectivity index (χ3n) is 5.28. The highest BCUT2D eigenvalue weighted by molar-refractivity contribution is 5.98. The minimum atomic E-state index is -0.435. The molecule has 0 aromatic carbocycles. The molecule has 1 aromatic heterocycles. The largest absolute Gasteiger partial charge is 0.437 e. The number of rotatable bonds is 10. The number of hydrogen-bond donors (Lipinski definition) is 2. The number of hydrogen-bond acceptors (Lipinski definition) is 6. The molecule has 2 rings (SSSR count). The van der Waals surface area contributed by atoms with Crippen LogP contribution < -0.4 is 11.1 Å². The Morgan fingerprint density at radius 2 is 2.03 bits per heavy atom. The van der Waals surface area contributed by atoms with Gasteiger partial charge in [-0.1, -0.05) is 20.8 Å². The van der Waals surface area contributed by atoms with E-state index in [2.05, 4.69) is 36.1 Å². The van der Waals surface area contributed by atoms with Gasteiger partial charge in [-0.2, -0.15) is 0 Å². The van der Waals surface area contributed by atoms with Gasteiger partial charge in [0.15, 0.2) is 11.7 Å². The standard InChI is InChI=1S/C21H34N4O4/c1-13(2)10-16-19(29-21(24-16)15-6-5-9-25(4)12-15)17(26)11-23-18(27)8-7-14(3)20(22)28/h13-15H,5-12H2,1-4H3,(H2,22,28)(H,23,27). The molecule has 2 amide bonds. The number of oxazole rings is 1. The SMILES string of the molecule is CC(C)Cc1nc(C2CCCN(C)C2)oc1C(=O)CNC(=O)CCC(C)C(N)=O. The van der Waals surface area contributed by atoms with E-state index in [0.717, 1.165) is 25.9 Å². The van der Waals surface area contributed by atoms with E-state index in [1.54, 1.807) is 6.92 Å². The molecule has 1 aliphatic heterocycles. The van der Waals surface area contributed by atoms with Crippen LogP contribution in [0.3, 0.4) is 0 Å². The van der Waals surface area contributed by atoms with E-state index in [1.165, 1.54) is 0 Å². The third kappa shape index (κ3) is 6.96. The molecular formula is C21H34N4O4. The molecule has 3 N–H and O–H groups in total. The lowest BCUT2D eigenvalue weighted by Gasteiger charge is -2.27. The second-order valence-corrected chi connectivity index (χ2v) is 8.57. The molecule has 8 heteroatoms. The summed E-state index contributed by atoms with van der Waals surface area (Å²) in [7, 11) is 2.07. The van der Waals surface area contributed by atoms with Crippen LogP contribution in [0.5, 0.6) is 0 Å². The molecule has 0 radical (unpaired) electrons. The average molecular weight is 407 g/mol. The molecule has 2 atom stereocenters. The molecule has 162 valence electrons. The second kappa shape index (κ2) is 10.5.